The number of aliphatic hydroxyl groups excluding tert-OH is 1. The molecule has 5 heteroatoms. The molecule has 1 unspecified atom stereocenters. The van der Waals surface area contributed by atoms with Crippen molar-refractivity contribution < 1.29 is 9.84 Å². The fourth-order valence-corrected chi connectivity index (χ4v) is 2.51. The fourth-order valence-electron chi connectivity index (χ4n) is 2.51. The molecule has 1 N–H and O–H groups in total. The van der Waals surface area contributed by atoms with Crippen LogP contribution < -0.4 is 0 Å². The van der Waals surface area contributed by atoms with Gasteiger partial charge in [0.25, 0.3) is 0 Å². The monoisotopic (exact) mass is 247 g/mol. The Balaban J connectivity index is 1.95. The Hall–Kier alpha value is -1.46. The van der Waals surface area contributed by atoms with Crippen LogP contribution in [-0.4, -0.2) is 39.0 Å². The highest BCUT2D eigenvalue weighted by atomic mass is 16.5. The van der Waals surface area contributed by atoms with Gasteiger partial charge in [-0.3, -0.25) is 0 Å². The molecule has 0 amide bonds. The maximum Gasteiger partial charge on any atom is 0.160 e. The van der Waals surface area contributed by atoms with Gasteiger partial charge >= 0.3 is 0 Å². The summed E-state index contributed by atoms with van der Waals surface area (Å²) in [6, 6.07) is 3.84. The summed E-state index contributed by atoms with van der Waals surface area (Å²) in [6.07, 6.45) is 5.04. The molecule has 96 valence electrons. The first-order valence-electron chi connectivity index (χ1n) is 6.41. The lowest BCUT2D eigenvalue weighted by molar-refractivity contribution is 0.109. The number of pyridine rings is 1. The van der Waals surface area contributed by atoms with Crippen LogP contribution in [0.15, 0.2) is 18.3 Å². The Bertz CT molecular complexity index is 532. The van der Waals surface area contributed by atoms with Gasteiger partial charge in [0.2, 0.25) is 0 Å². The van der Waals surface area contributed by atoms with E-state index in [0.29, 0.717) is 6.54 Å². The minimum Gasteiger partial charge on any atom is -0.395 e. The summed E-state index contributed by atoms with van der Waals surface area (Å²) in [6.45, 7) is 1.49. The van der Waals surface area contributed by atoms with E-state index in [9.17, 15) is 5.11 Å². The minimum atomic E-state index is 0.0978. The minimum absolute atomic E-state index is 0.0978. The summed E-state index contributed by atoms with van der Waals surface area (Å²) in [5.41, 5.74) is 1.73. The van der Waals surface area contributed by atoms with Crippen LogP contribution in [0.1, 0.15) is 18.7 Å². The summed E-state index contributed by atoms with van der Waals surface area (Å²) in [5.74, 6) is 0.963. The van der Waals surface area contributed by atoms with Gasteiger partial charge in [-0.25, -0.2) is 9.97 Å². The molecule has 2 aromatic heterocycles. The highest BCUT2D eigenvalue weighted by Crippen LogP contribution is 2.20. The van der Waals surface area contributed by atoms with Crippen LogP contribution in [0.5, 0.6) is 0 Å². The van der Waals surface area contributed by atoms with E-state index >= 15 is 0 Å². The predicted molar refractivity (Wildman–Crippen MR) is 67.3 cm³/mol. The first-order chi connectivity index (χ1) is 8.88. The van der Waals surface area contributed by atoms with Gasteiger partial charge < -0.3 is 14.4 Å². The second-order valence-corrected chi connectivity index (χ2v) is 4.59. The highest BCUT2D eigenvalue weighted by molar-refractivity contribution is 5.71. The van der Waals surface area contributed by atoms with Gasteiger partial charge in [-0.15, -0.1) is 0 Å². The van der Waals surface area contributed by atoms with Crippen LogP contribution in [0.4, 0.5) is 0 Å². The van der Waals surface area contributed by atoms with Crippen molar-refractivity contribution in [3.05, 3.63) is 24.2 Å². The molecule has 0 saturated carbocycles. The molecule has 0 aliphatic carbocycles. The van der Waals surface area contributed by atoms with E-state index in [0.717, 1.165) is 42.9 Å². The Kier molecular flexibility index (Phi) is 3.25. The molecule has 0 aromatic carbocycles. The Morgan fingerprint density at radius 3 is 3.22 bits per heavy atom. The molecule has 3 rings (SSSR count). The molecule has 5 nitrogen and oxygen atoms in total. The van der Waals surface area contributed by atoms with Crippen LogP contribution >= 0.6 is 0 Å². The van der Waals surface area contributed by atoms with Crippen molar-refractivity contribution in [1.82, 2.24) is 14.5 Å². The van der Waals surface area contributed by atoms with Gasteiger partial charge in [0.1, 0.15) is 11.3 Å². The zero-order valence-electron chi connectivity index (χ0n) is 10.2. The molecule has 2 aromatic rings. The van der Waals surface area contributed by atoms with Crippen molar-refractivity contribution in [2.24, 2.45) is 0 Å². The van der Waals surface area contributed by atoms with Crippen LogP contribution in [0.3, 0.4) is 0 Å². The second-order valence-electron chi connectivity index (χ2n) is 4.59. The maximum absolute atomic E-state index is 9.18. The van der Waals surface area contributed by atoms with Crippen molar-refractivity contribution in [3.63, 3.8) is 0 Å². The fraction of sp³-hybridized carbons (Fsp3) is 0.538. The molecule has 0 radical (unpaired) electrons. The lowest BCUT2D eigenvalue weighted by atomic mass is 10.2. The molecule has 0 spiro atoms. The number of hydrogen-bond donors (Lipinski definition) is 1. The molecular weight excluding hydrogens is 230 g/mol. The maximum atomic E-state index is 9.18. The number of hydrogen-bond acceptors (Lipinski definition) is 4. The van der Waals surface area contributed by atoms with Gasteiger partial charge in [-0.2, -0.15) is 0 Å². The zero-order valence-corrected chi connectivity index (χ0v) is 10.2. The van der Waals surface area contributed by atoms with E-state index < -0.39 is 0 Å². The van der Waals surface area contributed by atoms with E-state index in [4.69, 9.17) is 4.74 Å². The molecule has 3 heterocycles. The van der Waals surface area contributed by atoms with E-state index in [1.165, 1.54) is 0 Å². The molecule has 1 aliphatic rings. The first-order valence-corrected chi connectivity index (χ1v) is 6.41. The first kappa shape index (κ1) is 11.6. The summed E-state index contributed by atoms with van der Waals surface area (Å²) in [4.78, 5) is 8.95. The van der Waals surface area contributed by atoms with Crippen LogP contribution in [-0.2, 0) is 17.7 Å². The third-order valence-corrected chi connectivity index (χ3v) is 3.34. The summed E-state index contributed by atoms with van der Waals surface area (Å²) in [5, 5.41) is 9.18. The van der Waals surface area contributed by atoms with Gasteiger partial charge in [-0.1, -0.05) is 0 Å². The number of rotatable bonds is 4. The van der Waals surface area contributed by atoms with Gasteiger partial charge in [0.15, 0.2) is 5.65 Å². The Labute approximate surface area is 105 Å². The van der Waals surface area contributed by atoms with Crippen molar-refractivity contribution >= 4 is 11.2 Å². The van der Waals surface area contributed by atoms with Crippen LogP contribution in [0, 0.1) is 0 Å². The molecule has 1 saturated heterocycles. The summed E-state index contributed by atoms with van der Waals surface area (Å²) < 4.78 is 7.65. The predicted octanol–water partition coefficient (Wildman–Crippen LogP) is 1.15. The number of fused-ring (bicyclic) bond motifs is 1. The number of aliphatic hydroxyl groups is 1. The summed E-state index contributed by atoms with van der Waals surface area (Å²) >= 11 is 0. The SMILES string of the molecule is OCCn1c(CC2CCCO2)nc2cccnc21. The molecule has 1 atom stereocenters. The van der Waals surface area contributed by atoms with Crippen molar-refractivity contribution in [2.45, 2.75) is 31.9 Å². The quantitative estimate of drug-likeness (QED) is 0.880. The third-order valence-electron chi connectivity index (χ3n) is 3.34. The number of aromatic nitrogens is 3. The molecule has 1 aliphatic heterocycles. The Morgan fingerprint density at radius 1 is 1.50 bits per heavy atom. The molecule has 1 fully saturated rings. The smallest absolute Gasteiger partial charge is 0.160 e. The van der Waals surface area contributed by atoms with Crippen LogP contribution in [0.25, 0.3) is 11.2 Å². The lowest BCUT2D eigenvalue weighted by Gasteiger charge is -2.10. The molecule has 18 heavy (non-hydrogen) atoms. The standard InChI is InChI=1S/C13H17N3O2/c17-7-6-16-12(9-10-3-2-8-18-10)15-11-4-1-5-14-13(11)16/h1,4-5,10,17H,2-3,6-9H2. The number of imidazole rings is 1. The molecular formula is C13H17N3O2. The second kappa shape index (κ2) is 5.04. The normalized spacial score (nSPS) is 19.7. The average Bonchev–Trinajstić information content (AvgIpc) is 3.00. The van der Waals surface area contributed by atoms with E-state index in [1.807, 2.05) is 16.7 Å². The van der Waals surface area contributed by atoms with Crippen molar-refractivity contribution in [3.8, 4) is 0 Å². The highest BCUT2D eigenvalue weighted by Gasteiger charge is 2.20. The van der Waals surface area contributed by atoms with Gasteiger partial charge in [0.05, 0.1) is 12.7 Å². The number of ether oxygens (including phenoxy) is 1. The third kappa shape index (κ3) is 2.11. The topological polar surface area (TPSA) is 60.2 Å². The van der Waals surface area contributed by atoms with E-state index in [-0.39, 0.29) is 12.7 Å². The van der Waals surface area contributed by atoms with Crippen molar-refractivity contribution in [2.75, 3.05) is 13.2 Å². The van der Waals surface area contributed by atoms with E-state index in [1.54, 1.807) is 6.20 Å². The average molecular weight is 247 g/mol. The number of nitrogens with zero attached hydrogens (tertiary/aromatic N) is 3. The largest absolute Gasteiger partial charge is 0.395 e. The summed E-state index contributed by atoms with van der Waals surface area (Å²) in [7, 11) is 0. The van der Waals surface area contributed by atoms with Gasteiger partial charge in [-0.05, 0) is 25.0 Å². The van der Waals surface area contributed by atoms with Crippen LogP contribution in [0.2, 0.25) is 0 Å². The Morgan fingerprint density at radius 2 is 2.44 bits per heavy atom. The lowest BCUT2D eigenvalue weighted by Crippen LogP contribution is -2.15. The zero-order chi connectivity index (χ0) is 12.4. The van der Waals surface area contributed by atoms with E-state index in [2.05, 4.69) is 9.97 Å². The van der Waals surface area contributed by atoms with Crippen molar-refractivity contribution in [1.29, 1.82) is 0 Å². The van der Waals surface area contributed by atoms with Gasteiger partial charge in [0, 0.05) is 25.8 Å². The molecule has 0 bridgehead atoms.